The van der Waals surface area contributed by atoms with E-state index >= 15 is 0 Å². The minimum Gasteiger partial charge on any atom is -0.283 e. The largest absolute Gasteiger partial charge is 0.434 e. The van der Waals surface area contributed by atoms with Crippen LogP contribution in [0, 0.1) is 0 Å². The number of thiazole rings is 1. The standard InChI is InChI=1S/C13H8F3N3OS3/c1-2-4-19-10(20)7-3-5-21-9(7)18-11(19)23-12-17-8(6-22-12)13(14,15)16/h2-3,5-6H,1,4H2. The van der Waals surface area contributed by atoms with E-state index in [-0.39, 0.29) is 16.4 Å². The predicted octanol–water partition coefficient (Wildman–Crippen LogP) is 4.27. The fourth-order valence-electron chi connectivity index (χ4n) is 1.81. The molecule has 120 valence electrons. The molecule has 3 aromatic heterocycles. The molecule has 0 amide bonds. The molecule has 3 heterocycles. The average Bonchev–Trinajstić information content (AvgIpc) is 3.11. The molecule has 0 saturated carbocycles. The molecule has 10 heteroatoms. The molecule has 0 unspecified atom stereocenters. The molecule has 0 aromatic carbocycles. The van der Waals surface area contributed by atoms with E-state index in [2.05, 4.69) is 16.5 Å². The van der Waals surface area contributed by atoms with Crippen LogP contribution >= 0.6 is 34.4 Å². The molecule has 0 aliphatic heterocycles. The molecule has 0 radical (unpaired) electrons. The average molecular weight is 375 g/mol. The van der Waals surface area contributed by atoms with Gasteiger partial charge in [0.2, 0.25) is 0 Å². The fourth-order valence-corrected chi connectivity index (χ4v) is 4.44. The van der Waals surface area contributed by atoms with Crippen molar-refractivity contribution >= 4 is 44.7 Å². The highest BCUT2D eigenvalue weighted by molar-refractivity contribution is 8.00. The van der Waals surface area contributed by atoms with Gasteiger partial charge < -0.3 is 0 Å². The van der Waals surface area contributed by atoms with Crippen molar-refractivity contribution in [1.82, 2.24) is 14.5 Å². The fraction of sp³-hybridized carbons (Fsp3) is 0.154. The second kappa shape index (κ2) is 6.10. The first-order valence-corrected chi connectivity index (χ1v) is 8.77. The number of halogens is 3. The lowest BCUT2D eigenvalue weighted by Crippen LogP contribution is -2.22. The zero-order valence-corrected chi connectivity index (χ0v) is 13.8. The molecule has 0 N–H and O–H groups in total. The van der Waals surface area contributed by atoms with E-state index in [0.29, 0.717) is 15.4 Å². The van der Waals surface area contributed by atoms with Crippen LogP contribution in [0.4, 0.5) is 13.2 Å². The Balaban J connectivity index is 2.05. The van der Waals surface area contributed by atoms with Gasteiger partial charge in [0.1, 0.15) is 4.83 Å². The van der Waals surface area contributed by atoms with Gasteiger partial charge in [-0.2, -0.15) is 13.2 Å². The summed E-state index contributed by atoms with van der Waals surface area (Å²) in [5, 5.41) is 3.48. The molecule has 23 heavy (non-hydrogen) atoms. The number of rotatable bonds is 4. The van der Waals surface area contributed by atoms with Gasteiger partial charge in [0.15, 0.2) is 15.2 Å². The summed E-state index contributed by atoms with van der Waals surface area (Å²) < 4.78 is 39.4. The molecule has 0 aliphatic carbocycles. The summed E-state index contributed by atoms with van der Waals surface area (Å²) in [5.41, 5.74) is -1.19. The quantitative estimate of drug-likeness (QED) is 0.505. The zero-order chi connectivity index (χ0) is 16.6. The van der Waals surface area contributed by atoms with Crippen LogP contribution in [0.3, 0.4) is 0 Å². The Morgan fingerprint density at radius 3 is 2.78 bits per heavy atom. The van der Waals surface area contributed by atoms with E-state index in [0.717, 1.165) is 28.5 Å². The van der Waals surface area contributed by atoms with Gasteiger partial charge in [-0.05, 0) is 23.2 Å². The molecule has 0 saturated heterocycles. The number of aromatic nitrogens is 3. The molecular formula is C13H8F3N3OS3. The van der Waals surface area contributed by atoms with Gasteiger partial charge in [0.05, 0.1) is 5.39 Å². The highest BCUT2D eigenvalue weighted by Gasteiger charge is 2.34. The van der Waals surface area contributed by atoms with E-state index in [1.807, 2.05) is 0 Å². The molecule has 3 rings (SSSR count). The van der Waals surface area contributed by atoms with Gasteiger partial charge in [-0.25, -0.2) is 9.97 Å². The Morgan fingerprint density at radius 1 is 1.35 bits per heavy atom. The van der Waals surface area contributed by atoms with Crippen molar-refractivity contribution in [2.75, 3.05) is 0 Å². The van der Waals surface area contributed by atoms with Crippen LogP contribution in [-0.2, 0) is 12.7 Å². The highest BCUT2D eigenvalue weighted by Crippen LogP contribution is 2.35. The summed E-state index contributed by atoms with van der Waals surface area (Å²) in [6.07, 6.45) is -2.95. The number of nitrogens with zero attached hydrogens (tertiary/aromatic N) is 3. The third kappa shape index (κ3) is 3.19. The summed E-state index contributed by atoms with van der Waals surface area (Å²) in [5.74, 6) is 0. The van der Waals surface area contributed by atoms with Gasteiger partial charge in [0, 0.05) is 11.9 Å². The van der Waals surface area contributed by atoms with Crippen LogP contribution in [0.2, 0.25) is 0 Å². The molecule has 0 fully saturated rings. The first kappa shape index (κ1) is 16.2. The Bertz CT molecular complexity index is 926. The molecule has 3 aromatic rings. The Hall–Kier alpha value is -1.65. The smallest absolute Gasteiger partial charge is 0.283 e. The van der Waals surface area contributed by atoms with Gasteiger partial charge in [-0.1, -0.05) is 6.08 Å². The summed E-state index contributed by atoms with van der Waals surface area (Å²) >= 11 is 3.11. The molecule has 0 aliphatic rings. The summed E-state index contributed by atoms with van der Waals surface area (Å²) in [4.78, 5) is 20.9. The van der Waals surface area contributed by atoms with E-state index in [4.69, 9.17) is 0 Å². The number of allylic oxidation sites excluding steroid dienone is 1. The second-order valence-electron chi connectivity index (χ2n) is 4.34. The first-order valence-electron chi connectivity index (χ1n) is 6.19. The number of thiophene rings is 1. The van der Waals surface area contributed by atoms with Gasteiger partial charge in [-0.15, -0.1) is 29.3 Å². The molecule has 0 spiro atoms. The predicted molar refractivity (Wildman–Crippen MR) is 85.3 cm³/mol. The van der Waals surface area contributed by atoms with E-state index < -0.39 is 11.9 Å². The Morgan fingerprint density at radius 2 is 2.13 bits per heavy atom. The number of hydrogen-bond donors (Lipinski definition) is 0. The van der Waals surface area contributed by atoms with E-state index in [1.54, 1.807) is 11.4 Å². The maximum atomic E-state index is 12.6. The maximum absolute atomic E-state index is 12.6. The lowest BCUT2D eigenvalue weighted by molar-refractivity contribution is -0.141. The monoisotopic (exact) mass is 375 g/mol. The normalized spacial score (nSPS) is 12.0. The Kier molecular flexibility index (Phi) is 4.30. The Labute approximate surface area is 140 Å². The number of fused-ring (bicyclic) bond motifs is 1. The van der Waals surface area contributed by atoms with Crippen molar-refractivity contribution in [1.29, 1.82) is 0 Å². The van der Waals surface area contributed by atoms with Crippen LogP contribution in [0.5, 0.6) is 0 Å². The van der Waals surface area contributed by atoms with Crippen LogP contribution in [0.1, 0.15) is 5.69 Å². The zero-order valence-electron chi connectivity index (χ0n) is 11.3. The van der Waals surface area contributed by atoms with Crippen molar-refractivity contribution in [3.63, 3.8) is 0 Å². The minimum absolute atomic E-state index is 0.179. The van der Waals surface area contributed by atoms with Crippen LogP contribution in [0.25, 0.3) is 10.2 Å². The topological polar surface area (TPSA) is 47.8 Å². The molecular weight excluding hydrogens is 367 g/mol. The number of hydrogen-bond acceptors (Lipinski definition) is 6. The van der Waals surface area contributed by atoms with E-state index in [1.165, 1.54) is 22.0 Å². The van der Waals surface area contributed by atoms with Gasteiger partial charge in [0.25, 0.3) is 5.56 Å². The first-order chi connectivity index (χ1) is 10.9. The van der Waals surface area contributed by atoms with Crippen molar-refractivity contribution in [2.24, 2.45) is 0 Å². The summed E-state index contributed by atoms with van der Waals surface area (Å²) in [7, 11) is 0. The van der Waals surface area contributed by atoms with Crippen molar-refractivity contribution in [3.8, 4) is 0 Å². The van der Waals surface area contributed by atoms with Gasteiger partial charge in [-0.3, -0.25) is 9.36 Å². The molecule has 4 nitrogen and oxygen atoms in total. The number of alkyl halides is 3. The maximum Gasteiger partial charge on any atom is 0.434 e. The summed E-state index contributed by atoms with van der Waals surface area (Å²) in [6, 6.07) is 1.68. The SMILES string of the molecule is C=CCn1c(Sc2nc(C(F)(F)F)cs2)nc2sccc2c1=O. The lowest BCUT2D eigenvalue weighted by atomic mass is 10.4. The molecule has 0 bridgehead atoms. The van der Waals surface area contributed by atoms with Crippen LogP contribution in [-0.4, -0.2) is 14.5 Å². The van der Waals surface area contributed by atoms with Crippen molar-refractivity contribution < 1.29 is 13.2 Å². The summed E-state index contributed by atoms with van der Waals surface area (Å²) in [6.45, 7) is 3.81. The second-order valence-corrected chi connectivity index (χ2v) is 7.30. The van der Waals surface area contributed by atoms with Crippen LogP contribution < -0.4 is 5.56 Å². The molecule has 0 atom stereocenters. The van der Waals surface area contributed by atoms with Gasteiger partial charge >= 0.3 is 6.18 Å². The highest BCUT2D eigenvalue weighted by atomic mass is 32.2. The lowest BCUT2D eigenvalue weighted by Gasteiger charge is -2.08. The third-order valence-electron chi connectivity index (χ3n) is 2.81. The minimum atomic E-state index is -4.48. The van der Waals surface area contributed by atoms with E-state index in [9.17, 15) is 18.0 Å². The van der Waals surface area contributed by atoms with Crippen molar-refractivity contribution in [3.05, 3.63) is 45.5 Å². The van der Waals surface area contributed by atoms with Crippen molar-refractivity contribution in [2.45, 2.75) is 22.2 Å². The third-order valence-corrected chi connectivity index (χ3v) is 5.55. The van der Waals surface area contributed by atoms with Crippen LogP contribution in [0.15, 0.2) is 43.8 Å².